The molecule has 0 amide bonds. The molecule has 1 saturated carbocycles. The molecule has 162 valence electrons. The van der Waals surface area contributed by atoms with E-state index in [0.29, 0.717) is 45.0 Å². The molecule has 0 aliphatic heterocycles. The number of methoxy groups -OCH3 is 3. The van der Waals surface area contributed by atoms with Gasteiger partial charge >= 0.3 is 0 Å². The fourth-order valence-corrected chi connectivity index (χ4v) is 4.45. The van der Waals surface area contributed by atoms with Gasteiger partial charge in [-0.2, -0.15) is 0 Å². The fraction of sp³-hybridized carbons (Fsp3) is 0.409. The van der Waals surface area contributed by atoms with Gasteiger partial charge < -0.3 is 24.4 Å². The summed E-state index contributed by atoms with van der Waals surface area (Å²) in [4.78, 5) is 2.22. The highest BCUT2D eigenvalue weighted by Crippen LogP contribution is 2.41. The van der Waals surface area contributed by atoms with E-state index >= 15 is 0 Å². The fourth-order valence-electron chi connectivity index (χ4n) is 3.82. The molecule has 2 aromatic rings. The van der Waals surface area contributed by atoms with Gasteiger partial charge in [0, 0.05) is 23.8 Å². The molecule has 5 nitrogen and oxygen atoms in total. The van der Waals surface area contributed by atoms with Gasteiger partial charge in [0.05, 0.1) is 31.4 Å². The van der Waals surface area contributed by atoms with E-state index in [-0.39, 0.29) is 0 Å². The van der Waals surface area contributed by atoms with Crippen LogP contribution in [0.25, 0.3) is 0 Å². The summed E-state index contributed by atoms with van der Waals surface area (Å²) in [6.07, 6.45) is 4.58. The number of nitrogens with zero attached hydrogens (tertiary/aromatic N) is 1. The van der Waals surface area contributed by atoms with Crippen LogP contribution in [-0.2, 0) is 6.54 Å². The van der Waals surface area contributed by atoms with Crippen molar-refractivity contribution >= 4 is 46.2 Å². The predicted molar refractivity (Wildman–Crippen MR) is 127 cm³/mol. The van der Waals surface area contributed by atoms with Gasteiger partial charge in [0.15, 0.2) is 16.6 Å². The second kappa shape index (κ2) is 10.4. The van der Waals surface area contributed by atoms with E-state index < -0.39 is 0 Å². The Morgan fingerprint density at radius 1 is 1.00 bits per heavy atom. The van der Waals surface area contributed by atoms with E-state index in [1.54, 1.807) is 33.5 Å². The van der Waals surface area contributed by atoms with E-state index in [0.717, 1.165) is 24.1 Å². The quantitative estimate of drug-likeness (QED) is 0.490. The average molecular weight is 469 g/mol. The number of hydrogen-bond acceptors (Lipinski definition) is 4. The number of hydrogen-bond donors (Lipinski definition) is 1. The molecule has 0 aromatic heterocycles. The number of halogens is 2. The van der Waals surface area contributed by atoms with Crippen molar-refractivity contribution in [1.82, 2.24) is 4.90 Å². The first-order valence-corrected chi connectivity index (χ1v) is 11.0. The molecule has 0 spiro atoms. The minimum atomic E-state index is 0.352. The Labute approximate surface area is 193 Å². The maximum atomic E-state index is 6.16. The Hall–Kier alpha value is -1.89. The Bertz CT molecular complexity index is 904. The predicted octanol–water partition coefficient (Wildman–Crippen LogP) is 6.16. The summed E-state index contributed by atoms with van der Waals surface area (Å²) < 4.78 is 16.6. The topological polar surface area (TPSA) is 43.0 Å². The Kier molecular flexibility index (Phi) is 7.92. The molecule has 2 aromatic carbocycles. The zero-order chi connectivity index (χ0) is 21.7. The average Bonchev–Trinajstić information content (AvgIpc) is 3.28. The van der Waals surface area contributed by atoms with Crippen LogP contribution in [0.15, 0.2) is 30.3 Å². The van der Waals surface area contributed by atoms with Crippen LogP contribution in [0.1, 0.15) is 31.2 Å². The van der Waals surface area contributed by atoms with Crippen molar-refractivity contribution in [2.45, 2.75) is 38.3 Å². The van der Waals surface area contributed by atoms with Crippen molar-refractivity contribution in [1.29, 1.82) is 0 Å². The van der Waals surface area contributed by atoms with Crippen molar-refractivity contribution in [2.24, 2.45) is 0 Å². The summed E-state index contributed by atoms with van der Waals surface area (Å²) in [5, 5.41) is 4.94. The van der Waals surface area contributed by atoms with Crippen molar-refractivity contribution in [3.05, 3.63) is 45.9 Å². The van der Waals surface area contributed by atoms with Crippen molar-refractivity contribution in [3.63, 3.8) is 0 Å². The van der Waals surface area contributed by atoms with Crippen LogP contribution in [-0.4, -0.2) is 37.4 Å². The largest absolute Gasteiger partial charge is 0.493 e. The van der Waals surface area contributed by atoms with Crippen LogP contribution < -0.4 is 19.5 Å². The molecule has 1 N–H and O–H groups in total. The molecule has 0 bridgehead atoms. The lowest BCUT2D eigenvalue weighted by Crippen LogP contribution is -2.41. The lowest BCUT2D eigenvalue weighted by Gasteiger charge is -2.32. The summed E-state index contributed by atoms with van der Waals surface area (Å²) in [6.45, 7) is 0.585. The van der Waals surface area contributed by atoms with Crippen LogP contribution in [0, 0.1) is 0 Å². The van der Waals surface area contributed by atoms with Gasteiger partial charge in [-0.1, -0.05) is 36.0 Å². The van der Waals surface area contributed by atoms with Crippen LogP contribution in [0.4, 0.5) is 5.69 Å². The highest BCUT2D eigenvalue weighted by molar-refractivity contribution is 7.80. The number of anilines is 1. The zero-order valence-electron chi connectivity index (χ0n) is 17.3. The minimum absolute atomic E-state index is 0.352. The van der Waals surface area contributed by atoms with Crippen molar-refractivity contribution in [3.8, 4) is 17.2 Å². The van der Waals surface area contributed by atoms with E-state index in [4.69, 9.17) is 49.6 Å². The summed E-state index contributed by atoms with van der Waals surface area (Å²) in [6, 6.07) is 9.63. The summed E-state index contributed by atoms with van der Waals surface area (Å²) >= 11 is 18.0. The number of ether oxygens (including phenoxy) is 3. The maximum Gasteiger partial charge on any atom is 0.203 e. The maximum absolute atomic E-state index is 6.16. The van der Waals surface area contributed by atoms with Gasteiger partial charge in [-0.15, -0.1) is 0 Å². The third-order valence-electron chi connectivity index (χ3n) is 5.32. The van der Waals surface area contributed by atoms with E-state index in [9.17, 15) is 0 Å². The monoisotopic (exact) mass is 468 g/mol. The molecular formula is C22H26Cl2N2O3S. The normalized spacial score (nSPS) is 13.8. The summed E-state index contributed by atoms with van der Waals surface area (Å²) in [7, 11) is 4.85. The Morgan fingerprint density at radius 3 is 2.30 bits per heavy atom. The molecule has 0 atom stereocenters. The molecule has 1 aliphatic carbocycles. The lowest BCUT2D eigenvalue weighted by atomic mass is 10.1. The molecule has 1 aliphatic rings. The molecule has 30 heavy (non-hydrogen) atoms. The standard InChI is InChI=1S/C22H26Cl2N2O3S/c1-27-19-11-8-14(20(28-2)21(19)29-3)13-26(16-6-4-5-7-16)22(30)25-15-9-10-17(23)18(24)12-15/h8-12,16H,4-7,13H2,1-3H3,(H,25,30). The second-order valence-corrected chi connectivity index (χ2v) is 8.32. The third-order valence-corrected chi connectivity index (χ3v) is 6.40. The summed E-state index contributed by atoms with van der Waals surface area (Å²) in [5.74, 6) is 1.85. The van der Waals surface area contributed by atoms with Gasteiger partial charge in [-0.3, -0.25) is 0 Å². The molecule has 0 radical (unpaired) electrons. The third kappa shape index (κ3) is 5.05. The lowest BCUT2D eigenvalue weighted by molar-refractivity contribution is 0.295. The summed E-state index contributed by atoms with van der Waals surface area (Å²) in [5.41, 5.74) is 1.78. The molecule has 0 heterocycles. The minimum Gasteiger partial charge on any atom is -0.493 e. The molecule has 0 unspecified atom stereocenters. The number of thiocarbonyl (C=S) groups is 1. The van der Waals surface area contributed by atoms with Gasteiger partial charge in [-0.05, 0) is 55.4 Å². The van der Waals surface area contributed by atoms with E-state index in [1.807, 2.05) is 18.2 Å². The van der Waals surface area contributed by atoms with Gasteiger partial charge in [0.1, 0.15) is 0 Å². The number of nitrogens with one attached hydrogen (secondary N) is 1. The molecule has 1 fully saturated rings. The first-order valence-electron chi connectivity index (χ1n) is 9.79. The van der Waals surface area contributed by atoms with Gasteiger partial charge in [0.25, 0.3) is 0 Å². The molecule has 8 heteroatoms. The Balaban J connectivity index is 1.89. The molecule has 3 rings (SSSR count). The van der Waals surface area contributed by atoms with Crippen LogP contribution in [0.3, 0.4) is 0 Å². The second-order valence-electron chi connectivity index (χ2n) is 7.12. The van der Waals surface area contributed by atoms with Crippen LogP contribution >= 0.6 is 35.4 Å². The van der Waals surface area contributed by atoms with Crippen LogP contribution in [0.5, 0.6) is 17.2 Å². The SMILES string of the molecule is COc1ccc(CN(C(=S)Nc2ccc(Cl)c(Cl)c2)C2CCCC2)c(OC)c1OC. The Morgan fingerprint density at radius 2 is 1.70 bits per heavy atom. The van der Waals surface area contributed by atoms with E-state index in [1.165, 1.54) is 12.8 Å². The van der Waals surface area contributed by atoms with Crippen molar-refractivity contribution in [2.75, 3.05) is 26.6 Å². The molecular weight excluding hydrogens is 443 g/mol. The number of rotatable bonds is 7. The smallest absolute Gasteiger partial charge is 0.203 e. The van der Waals surface area contributed by atoms with Crippen molar-refractivity contribution < 1.29 is 14.2 Å². The highest BCUT2D eigenvalue weighted by Gasteiger charge is 2.27. The highest BCUT2D eigenvalue weighted by atomic mass is 35.5. The van der Waals surface area contributed by atoms with Crippen LogP contribution in [0.2, 0.25) is 10.0 Å². The first-order chi connectivity index (χ1) is 14.5. The molecule has 0 saturated heterocycles. The van der Waals surface area contributed by atoms with Gasteiger partial charge in [-0.25, -0.2) is 0 Å². The first kappa shape index (κ1) is 22.8. The van der Waals surface area contributed by atoms with Gasteiger partial charge in [0.2, 0.25) is 5.75 Å². The zero-order valence-corrected chi connectivity index (χ0v) is 19.7. The van der Waals surface area contributed by atoms with E-state index in [2.05, 4.69) is 10.2 Å². The number of benzene rings is 2.